The van der Waals surface area contributed by atoms with Crippen LogP contribution in [-0.4, -0.2) is 56.0 Å². The molecule has 1 saturated heterocycles. The van der Waals surface area contributed by atoms with E-state index in [-0.39, 0.29) is 12.0 Å². The maximum atomic E-state index is 11.6. The first-order valence-electron chi connectivity index (χ1n) is 7.66. The first-order chi connectivity index (χ1) is 9.41. The van der Waals surface area contributed by atoms with Crippen LogP contribution in [0.25, 0.3) is 0 Å². The van der Waals surface area contributed by atoms with Crippen LogP contribution in [0.3, 0.4) is 0 Å². The van der Waals surface area contributed by atoms with Crippen LogP contribution in [0, 0.1) is 11.8 Å². The molecule has 0 aromatic rings. The van der Waals surface area contributed by atoms with Crippen molar-refractivity contribution in [3.8, 4) is 0 Å². The van der Waals surface area contributed by atoms with Gasteiger partial charge in [0.15, 0.2) is 0 Å². The number of aliphatic hydroxyl groups excluding tert-OH is 1. The maximum absolute atomic E-state index is 11.6. The van der Waals surface area contributed by atoms with E-state index >= 15 is 0 Å². The molecule has 3 unspecified atom stereocenters. The van der Waals surface area contributed by atoms with Crippen LogP contribution in [0.5, 0.6) is 0 Å². The Hall–Kier alpha value is -0.170. The zero-order chi connectivity index (χ0) is 14.8. The van der Waals surface area contributed by atoms with Gasteiger partial charge in [-0.05, 0) is 50.9 Å². The first-order valence-corrected chi connectivity index (χ1v) is 9.51. The van der Waals surface area contributed by atoms with Crippen molar-refractivity contribution in [3.05, 3.63) is 0 Å². The molecule has 2 rings (SSSR count). The highest BCUT2D eigenvalue weighted by atomic mass is 32.2. The molecule has 1 N–H and O–H groups in total. The fourth-order valence-electron chi connectivity index (χ4n) is 3.17. The summed E-state index contributed by atoms with van der Waals surface area (Å²) in [5.74, 6) is 0.745. The number of hydrogen-bond donors (Lipinski definition) is 1. The van der Waals surface area contributed by atoms with Crippen LogP contribution in [0.1, 0.15) is 39.0 Å². The Morgan fingerprint density at radius 1 is 1.35 bits per heavy atom. The van der Waals surface area contributed by atoms with E-state index in [1.165, 1.54) is 6.26 Å². The van der Waals surface area contributed by atoms with Crippen LogP contribution in [0.2, 0.25) is 0 Å². The van der Waals surface area contributed by atoms with Gasteiger partial charge in [-0.25, -0.2) is 12.7 Å². The highest BCUT2D eigenvalue weighted by Crippen LogP contribution is 2.37. The standard InChI is InChI=1S/C14H27NO4S/c1-3-19-14(12-6-7-12)13(16)9-11-5-4-8-15(10-11)20(2,17)18/h11-14,16H,3-10H2,1-2H3. The lowest BCUT2D eigenvalue weighted by Gasteiger charge is -2.33. The molecule has 2 aliphatic rings. The van der Waals surface area contributed by atoms with Gasteiger partial charge in [0.2, 0.25) is 10.0 Å². The molecular weight excluding hydrogens is 278 g/mol. The van der Waals surface area contributed by atoms with E-state index in [0.717, 1.165) is 25.7 Å². The predicted molar refractivity (Wildman–Crippen MR) is 77.9 cm³/mol. The number of hydrogen-bond acceptors (Lipinski definition) is 4. The Labute approximate surface area is 122 Å². The summed E-state index contributed by atoms with van der Waals surface area (Å²) in [6.07, 6.45) is 5.54. The minimum absolute atomic E-state index is 0.0615. The molecule has 1 aliphatic heterocycles. The Morgan fingerprint density at radius 2 is 2.05 bits per heavy atom. The summed E-state index contributed by atoms with van der Waals surface area (Å²) in [5, 5.41) is 10.4. The molecule has 0 radical (unpaired) electrons. The zero-order valence-electron chi connectivity index (χ0n) is 12.5. The van der Waals surface area contributed by atoms with E-state index in [0.29, 0.717) is 32.0 Å². The van der Waals surface area contributed by atoms with Gasteiger partial charge in [-0.15, -0.1) is 0 Å². The number of ether oxygens (including phenoxy) is 1. The Balaban J connectivity index is 1.88. The van der Waals surface area contributed by atoms with Crippen molar-refractivity contribution in [2.45, 2.75) is 51.2 Å². The smallest absolute Gasteiger partial charge is 0.211 e. The summed E-state index contributed by atoms with van der Waals surface area (Å²) in [6.45, 7) is 3.73. The lowest BCUT2D eigenvalue weighted by atomic mass is 9.90. The molecule has 6 heteroatoms. The predicted octanol–water partition coefficient (Wildman–Crippen LogP) is 1.22. The maximum Gasteiger partial charge on any atom is 0.211 e. The van der Waals surface area contributed by atoms with E-state index in [4.69, 9.17) is 4.74 Å². The molecule has 0 bridgehead atoms. The van der Waals surface area contributed by atoms with Gasteiger partial charge in [-0.2, -0.15) is 0 Å². The molecular formula is C14H27NO4S. The molecule has 0 spiro atoms. The van der Waals surface area contributed by atoms with Gasteiger partial charge in [0.1, 0.15) is 0 Å². The number of nitrogens with zero attached hydrogens (tertiary/aromatic N) is 1. The third kappa shape index (κ3) is 4.41. The van der Waals surface area contributed by atoms with Crippen molar-refractivity contribution < 1.29 is 18.3 Å². The van der Waals surface area contributed by atoms with Gasteiger partial charge in [-0.1, -0.05) is 0 Å². The number of piperidine rings is 1. The largest absolute Gasteiger partial charge is 0.390 e. The monoisotopic (exact) mass is 305 g/mol. The second kappa shape index (κ2) is 6.73. The van der Waals surface area contributed by atoms with Crippen molar-refractivity contribution in [2.75, 3.05) is 26.0 Å². The Bertz CT molecular complexity index is 407. The zero-order valence-corrected chi connectivity index (χ0v) is 13.3. The van der Waals surface area contributed by atoms with Crippen molar-refractivity contribution in [1.29, 1.82) is 0 Å². The summed E-state index contributed by atoms with van der Waals surface area (Å²) in [5.41, 5.74) is 0. The highest BCUT2D eigenvalue weighted by Gasteiger charge is 2.38. The average molecular weight is 305 g/mol. The SMILES string of the molecule is CCOC(C(O)CC1CCCN(S(C)(=O)=O)C1)C1CC1. The first kappa shape index (κ1) is 16.2. The van der Waals surface area contributed by atoms with E-state index in [1.54, 1.807) is 4.31 Å². The topological polar surface area (TPSA) is 66.8 Å². The van der Waals surface area contributed by atoms with E-state index < -0.39 is 16.1 Å². The van der Waals surface area contributed by atoms with E-state index in [9.17, 15) is 13.5 Å². The van der Waals surface area contributed by atoms with Gasteiger partial charge >= 0.3 is 0 Å². The fraction of sp³-hybridized carbons (Fsp3) is 1.00. The third-order valence-electron chi connectivity index (χ3n) is 4.35. The minimum Gasteiger partial charge on any atom is -0.390 e. The van der Waals surface area contributed by atoms with Crippen molar-refractivity contribution in [2.24, 2.45) is 11.8 Å². The number of sulfonamides is 1. The second-order valence-electron chi connectivity index (χ2n) is 6.19. The average Bonchev–Trinajstić information content (AvgIpc) is 3.19. The third-order valence-corrected chi connectivity index (χ3v) is 5.62. The Kier molecular flexibility index (Phi) is 5.45. The second-order valence-corrected chi connectivity index (χ2v) is 8.17. The van der Waals surface area contributed by atoms with Gasteiger partial charge in [-0.3, -0.25) is 0 Å². The van der Waals surface area contributed by atoms with Gasteiger partial charge in [0.05, 0.1) is 18.5 Å². The molecule has 118 valence electrons. The Morgan fingerprint density at radius 3 is 2.60 bits per heavy atom. The summed E-state index contributed by atoms with van der Waals surface area (Å²) in [4.78, 5) is 0. The molecule has 0 aromatic carbocycles. The lowest BCUT2D eigenvalue weighted by Crippen LogP contribution is -2.42. The fourth-order valence-corrected chi connectivity index (χ4v) is 4.12. The molecule has 1 saturated carbocycles. The van der Waals surface area contributed by atoms with Gasteiger partial charge in [0, 0.05) is 19.7 Å². The summed E-state index contributed by atoms with van der Waals surface area (Å²) >= 11 is 0. The number of rotatable bonds is 7. The van der Waals surface area contributed by atoms with Gasteiger partial charge in [0.25, 0.3) is 0 Å². The van der Waals surface area contributed by atoms with E-state index in [1.807, 2.05) is 6.92 Å². The summed E-state index contributed by atoms with van der Waals surface area (Å²) < 4.78 is 30.4. The molecule has 0 amide bonds. The van der Waals surface area contributed by atoms with Crippen molar-refractivity contribution >= 4 is 10.0 Å². The molecule has 0 aromatic heterocycles. The van der Waals surface area contributed by atoms with Crippen molar-refractivity contribution in [3.63, 3.8) is 0 Å². The molecule has 5 nitrogen and oxygen atoms in total. The quantitative estimate of drug-likeness (QED) is 0.768. The molecule has 1 aliphatic carbocycles. The normalized spacial score (nSPS) is 28.2. The van der Waals surface area contributed by atoms with Crippen LogP contribution in [0.15, 0.2) is 0 Å². The molecule has 1 heterocycles. The van der Waals surface area contributed by atoms with Gasteiger partial charge < -0.3 is 9.84 Å². The van der Waals surface area contributed by atoms with Crippen LogP contribution in [-0.2, 0) is 14.8 Å². The van der Waals surface area contributed by atoms with Crippen LogP contribution >= 0.6 is 0 Å². The minimum atomic E-state index is -3.11. The lowest BCUT2D eigenvalue weighted by molar-refractivity contribution is -0.0555. The van der Waals surface area contributed by atoms with E-state index in [2.05, 4.69) is 0 Å². The molecule has 2 fully saturated rings. The molecule has 20 heavy (non-hydrogen) atoms. The van der Waals surface area contributed by atoms with Crippen LogP contribution < -0.4 is 0 Å². The highest BCUT2D eigenvalue weighted by molar-refractivity contribution is 7.88. The summed E-state index contributed by atoms with van der Waals surface area (Å²) in [6, 6.07) is 0. The van der Waals surface area contributed by atoms with Crippen LogP contribution in [0.4, 0.5) is 0 Å². The number of aliphatic hydroxyl groups is 1. The molecule has 3 atom stereocenters. The summed E-state index contributed by atoms with van der Waals surface area (Å²) in [7, 11) is -3.11. The van der Waals surface area contributed by atoms with Crippen molar-refractivity contribution in [1.82, 2.24) is 4.31 Å².